The molecule has 2 aliphatic rings. The van der Waals surface area contributed by atoms with E-state index in [4.69, 9.17) is 4.74 Å². The summed E-state index contributed by atoms with van der Waals surface area (Å²) in [7, 11) is 0. The lowest BCUT2D eigenvalue weighted by Gasteiger charge is -2.56. The maximum atomic E-state index is 12.9. The molecule has 3 rings (SSSR count). The van der Waals surface area contributed by atoms with Crippen LogP contribution in [0.2, 0.25) is 0 Å². The summed E-state index contributed by atoms with van der Waals surface area (Å²) in [6.45, 7) is 6.46. The minimum absolute atomic E-state index is 0.0671. The summed E-state index contributed by atoms with van der Waals surface area (Å²) in [5, 5.41) is 10.8. The first-order chi connectivity index (χ1) is 12.3. The number of pyridine rings is 1. The molecule has 1 aromatic heterocycles. The van der Waals surface area contributed by atoms with Crippen LogP contribution in [0.4, 0.5) is 18.0 Å². The summed E-state index contributed by atoms with van der Waals surface area (Å²) in [5.74, 6) is 0. The smallest absolute Gasteiger partial charge is 0.433 e. The number of carbonyl (C=O) groups is 1. The van der Waals surface area contributed by atoms with Crippen LogP contribution < -0.4 is 0 Å². The Morgan fingerprint density at radius 1 is 1.19 bits per heavy atom. The van der Waals surface area contributed by atoms with E-state index in [0.717, 1.165) is 6.07 Å². The Kier molecular flexibility index (Phi) is 4.69. The number of piperidine rings is 1. The van der Waals surface area contributed by atoms with Crippen molar-refractivity contribution in [3.63, 3.8) is 0 Å². The van der Waals surface area contributed by atoms with E-state index in [-0.39, 0.29) is 17.2 Å². The molecule has 0 radical (unpaired) electrons. The number of alkyl halides is 3. The lowest BCUT2D eigenvalue weighted by atomic mass is 9.54. The number of likely N-dealkylation sites (tertiary alicyclic amines) is 1. The zero-order valence-electron chi connectivity index (χ0n) is 15.8. The van der Waals surface area contributed by atoms with Crippen LogP contribution in [0.25, 0.3) is 0 Å². The van der Waals surface area contributed by atoms with E-state index in [1.165, 1.54) is 12.1 Å². The molecule has 1 amide bonds. The Bertz CT molecular complexity index is 712. The van der Waals surface area contributed by atoms with Gasteiger partial charge in [-0.15, -0.1) is 0 Å². The first-order valence-corrected chi connectivity index (χ1v) is 9.07. The highest BCUT2D eigenvalue weighted by atomic mass is 19.4. The molecule has 150 valence electrons. The molecule has 1 N–H and O–H groups in total. The van der Waals surface area contributed by atoms with Gasteiger partial charge in [-0.05, 0) is 64.0 Å². The second-order valence-corrected chi connectivity index (χ2v) is 8.76. The third-order valence-corrected chi connectivity index (χ3v) is 5.33. The van der Waals surface area contributed by atoms with Gasteiger partial charge in [-0.2, -0.15) is 13.2 Å². The fourth-order valence-corrected chi connectivity index (χ4v) is 4.07. The summed E-state index contributed by atoms with van der Waals surface area (Å²) in [6.07, 6.45) is -2.80. The monoisotopic (exact) mass is 386 g/mol. The second kappa shape index (κ2) is 6.36. The molecular formula is C19H25F3N2O3. The second-order valence-electron chi connectivity index (χ2n) is 8.76. The topological polar surface area (TPSA) is 62.7 Å². The molecule has 1 aliphatic heterocycles. The third kappa shape index (κ3) is 4.20. The van der Waals surface area contributed by atoms with E-state index in [0.29, 0.717) is 38.8 Å². The summed E-state index contributed by atoms with van der Waals surface area (Å²) in [5.41, 5.74) is -2.98. The number of amides is 1. The number of rotatable bonds is 1. The van der Waals surface area contributed by atoms with Crippen molar-refractivity contribution in [1.82, 2.24) is 9.88 Å². The van der Waals surface area contributed by atoms with Crippen molar-refractivity contribution >= 4 is 6.09 Å². The predicted molar refractivity (Wildman–Crippen MR) is 91.8 cm³/mol. The first kappa shape index (κ1) is 19.9. The fraction of sp³-hybridized carbons (Fsp3) is 0.684. The zero-order valence-corrected chi connectivity index (χ0v) is 15.8. The van der Waals surface area contributed by atoms with Crippen LogP contribution in [0.1, 0.15) is 57.8 Å². The van der Waals surface area contributed by atoms with Crippen LogP contribution in [-0.4, -0.2) is 39.8 Å². The Labute approximate surface area is 156 Å². The molecule has 2 fully saturated rings. The lowest BCUT2D eigenvalue weighted by molar-refractivity contribution is -0.159. The van der Waals surface area contributed by atoms with E-state index >= 15 is 0 Å². The van der Waals surface area contributed by atoms with Crippen LogP contribution in [-0.2, 0) is 16.5 Å². The molecule has 8 heteroatoms. The molecule has 1 aromatic rings. The third-order valence-electron chi connectivity index (χ3n) is 5.33. The SMILES string of the molecule is CC(C)(C)OC(=O)N1CCC2(CC1)CC(O)(c1cccc(C(F)(F)F)n1)C2. The van der Waals surface area contributed by atoms with Crippen molar-refractivity contribution in [3.8, 4) is 0 Å². The largest absolute Gasteiger partial charge is 0.444 e. The Morgan fingerprint density at radius 2 is 1.78 bits per heavy atom. The maximum absolute atomic E-state index is 12.9. The van der Waals surface area contributed by atoms with Gasteiger partial charge in [-0.3, -0.25) is 0 Å². The number of hydrogen-bond donors (Lipinski definition) is 1. The Morgan fingerprint density at radius 3 is 2.30 bits per heavy atom. The van der Waals surface area contributed by atoms with Gasteiger partial charge in [0.25, 0.3) is 0 Å². The molecular weight excluding hydrogens is 361 g/mol. The average Bonchev–Trinajstić information content (AvgIpc) is 2.52. The maximum Gasteiger partial charge on any atom is 0.433 e. The number of nitrogens with zero attached hydrogens (tertiary/aromatic N) is 2. The molecule has 1 spiro atoms. The summed E-state index contributed by atoms with van der Waals surface area (Å²) < 4.78 is 44.0. The molecule has 0 bridgehead atoms. The van der Waals surface area contributed by atoms with Gasteiger partial charge in [0.05, 0.1) is 5.69 Å². The van der Waals surface area contributed by atoms with Gasteiger partial charge in [0.2, 0.25) is 0 Å². The van der Waals surface area contributed by atoms with Crippen LogP contribution in [0.3, 0.4) is 0 Å². The molecule has 27 heavy (non-hydrogen) atoms. The molecule has 1 saturated heterocycles. The predicted octanol–water partition coefficient (Wildman–Crippen LogP) is 4.10. The zero-order chi connectivity index (χ0) is 20.1. The van der Waals surface area contributed by atoms with E-state index in [9.17, 15) is 23.1 Å². The first-order valence-electron chi connectivity index (χ1n) is 9.07. The van der Waals surface area contributed by atoms with Crippen molar-refractivity contribution in [2.75, 3.05) is 13.1 Å². The lowest BCUT2D eigenvalue weighted by Crippen LogP contribution is -2.56. The number of carbonyl (C=O) groups excluding carboxylic acids is 1. The average molecular weight is 386 g/mol. The van der Waals surface area contributed by atoms with Crippen molar-refractivity contribution in [3.05, 3.63) is 29.6 Å². The number of aromatic nitrogens is 1. The highest BCUT2D eigenvalue weighted by Gasteiger charge is 2.56. The van der Waals surface area contributed by atoms with Crippen molar-refractivity contribution in [1.29, 1.82) is 0 Å². The van der Waals surface area contributed by atoms with Gasteiger partial charge >= 0.3 is 12.3 Å². The van der Waals surface area contributed by atoms with Gasteiger partial charge in [0.1, 0.15) is 16.9 Å². The van der Waals surface area contributed by atoms with E-state index < -0.39 is 23.1 Å². The standard InChI is InChI=1S/C19H25F3N2O3/c1-16(2,3)27-15(25)24-9-7-17(8-10-24)11-18(26,12-17)13-5-4-6-14(23-13)19(20,21)22/h4-6,26H,7-12H2,1-3H3. The molecule has 0 aromatic carbocycles. The number of ether oxygens (including phenoxy) is 1. The molecule has 0 atom stereocenters. The minimum atomic E-state index is -4.54. The van der Waals surface area contributed by atoms with Crippen molar-refractivity contribution < 1.29 is 27.8 Å². The Hall–Kier alpha value is -1.83. The van der Waals surface area contributed by atoms with Crippen LogP contribution in [0.5, 0.6) is 0 Å². The molecule has 5 nitrogen and oxygen atoms in total. The van der Waals surface area contributed by atoms with Crippen LogP contribution in [0.15, 0.2) is 18.2 Å². The quantitative estimate of drug-likeness (QED) is 0.789. The number of hydrogen-bond acceptors (Lipinski definition) is 4. The minimum Gasteiger partial charge on any atom is -0.444 e. The molecule has 1 saturated carbocycles. The molecule has 1 aliphatic carbocycles. The molecule has 0 unspecified atom stereocenters. The van der Waals surface area contributed by atoms with Gasteiger partial charge < -0.3 is 14.7 Å². The van der Waals surface area contributed by atoms with E-state index in [1.54, 1.807) is 4.90 Å². The summed E-state index contributed by atoms with van der Waals surface area (Å²) in [6, 6.07) is 3.62. The van der Waals surface area contributed by atoms with Crippen LogP contribution >= 0.6 is 0 Å². The number of halogens is 3. The van der Waals surface area contributed by atoms with E-state index in [2.05, 4.69) is 4.98 Å². The van der Waals surface area contributed by atoms with Gasteiger partial charge in [-0.25, -0.2) is 9.78 Å². The van der Waals surface area contributed by atoms with Gasteiger partial charge in [0, 0.05) is 13.1 Å². The van der Waals surface area contributed by atoms with Gasteiger partial charge in [0.15, 0.2) is 0 Å². The van der Waals surface area contributed by atoms with Crippen molar-refractivity contribution in [2.24, 2.45) is 5.41 Å². The highest BCUT2D eigenvalue weighted by Crippen LogP contribution is 2.58. The van der Waals surface area contributed by atoms with Gasteiger partial charge in [-0.1, -0.05) is 6.07 Å². The highest BCUT2D eigenvalue weighted by molar-refractivity contribution is 5.68. The van der Waals surface area contributed by atoms with Crippen LogP contribution in [0, 0.1) is 5.41 Å². The summed E-state index contributed by atoms with van der Waals surface area (Å²) >= 11 is 0. The van der Waals surface area contributed by atoms with Crippen molar-refractivity contribution in [2.45, 2.75) is 63.8 Å². The molecule has 2 heterocycles. The Balaban J connectivity index is 1.62. The fourth-order valence-electron chi connectivity index (χ4n) is 4.07. The van der Waals surface area contributed by atoms with E-state index in [1.807, 2.05) is 20.8 Å². The number of aliphatic hydroxyl groups is 1. The summed E-state index contributed by atoms with van der Waals surface area (Å²) in [4.78, 5) is 17.4. The normalized spacial score (nSPS) is 21.7.